The van der Waals surface area contributed by atoms with Crippen LogP contribution in [0, 0.1) is 6.92 Å². The van der Waals surface area contributed by atoms with E-state index in [2.05, 4.69) is 36.6 Å². The molecule has 2 rings (SSSR count). The molecule has 0 aliphatic carbocycles. The van der Waals surface area contributed by atoms with E-state index < -0.39 is 5.91 Å². The summed E-state index contributed by atoms with van der Waals surface area (Å²) in [7, 11) is 0. The molecule has 0 unspecified atom stereocenters. The molecule has 132 valence electrons. The second-order valence-electron chi connectivity index (χ2n) is 6.75. The molecule has 0 saturated carbocycles. The minimum atomic E-state index is -0.417. The lowest BCUT2D eigenvalue weighted by Crippen LogP contribution is -2.34. The van der Waals surface area contributed by atoms with Crippen molar-refractivity contribution in [1.82, 2.24) is 10.7 Å². The van der Waals surface area contributed by atoms with E-state index in [4.69, 9.17) is 4.42 Å². The molecule has 6 heteroatoms. The van der Waals surface area contributed by atoms with Crippen molar-refractivity contribution in [3.63, 3.8) is 0 Å². The molecule has 2 N–H and O–H groups in total. The van der Waals surface area contributed by atoms with E-state index in [-0.39, 0.29) is 17.9 Å². The van der Waals surface area contributed by atoms with Gasteiger partial charge in [-0.3, -0.25) is 9.59 Å². The Labute approximate surface area is 147 Å². The van der Waals surface area contributed by atoms with Gasteiger partial charge in [0.2, 0.25) is 0 Å². The first-order valence-electron chi connectivity index (χ1n) is 8.03. The smallest absolute Gasteiger partial charge is 0.259 e. The molecular formula is C19H23N3O3. The third kappa shape index (κ3) is 5.60. The van der Waals surface area contributed by atoms with Crippen molar-refractivity contribution in [2.75, 3.05) is 6.54 Å². The highest BCUT2D eigenvalue weighted by Gasteiger charge is 2.14. The third-order valence-electron chi connectivity index (χ3n) is 3.56. The summed E-state index contributed by atoms with van der Waals surface area (Å²) in [4.78, 5) is 23.8. The number of amides is 2. The van der Waals surface area contributed by atoms with E-state index in [0.717, 1.165) is 11.3 Å². The van der Waals surface area contributed by atoms with E-state index in [1.165, 1.54) is 6.21 Å². The van der Waals surface area contributed by atoms with E-state index in [9.17, 15) is 9.59 Å². The quantitative estimate of drug-likeness (QED) is 0.648. The lowest BCUT2D eigenvalue weighted by Gasteiger charge is -2.19. The second-order valence-corrected chi connectivity index (χ2v) is 6.75. The number of hydrogen-bond donors (Lipinski definition) is 2. The average Bonchev–Trinajstić information content (AvgIpc) is 2.97. The fourth-order valence-electron chi connectivity index (χ4n) is 2.11. The lowest BCUT2D eigenvalue weighted by molar-refractivity contribution is -0.120. The van der Waals surface area contributed by atoms with Crippen molar-refractivity contribution in [3.8, 4) is 0 Å². The van der Waals surface area contributed by atoms with Gasteiger partial charge in [0.25, 0.3) is 11.8 Å². The first-order valence-corrected chi connectivity index (χ1v) is 8.03. The molecule has 2 aromatic rings. The first-order chi connectivity index (χ1) is 11.8. The van der Waals surface area contributed by atoms with Crippen LogP contribution in [0.2, 0.25) is 0 Å². The summed E-state index contributed by atoms with van der Waals surface area (Å²) in [6, 6.07) is 10.9. The van der Waals surface area contributed by atoms with E-state index in [1.54, 1.807) is 24.3 Å². The van der Waals surface area contributed by atoms with Crippen LogP contribution >= 0.6 is 0 Å². The maximum atomic E-state index is 12.1. The summed E-state index contributed by atoms with van der Waals surface area (Å²) >= 11 is 0. The number of nitrogens with one attached hydrogen (secondary N) is 2. The Morgan fingerprint density at radius 2 is 1.80 bits per heavy atom. The van der Waals surface area contributed by atoms with Gasteiger partial charge in [-0.15, -0.1) is 0 Å². The van der Waals surface area contributed by atoms with Crippen LogP contribution in [0.4, 0.5) is 0 Å². The Balaban J connectivity index is 1.81. The summed E-state index contributed by atoms with van der Waals surface area (Å²) in [6.45, 7) is 7.98. The summed E-state index contributed by atoms with van der Waals surface area (Å²) in [6.07, 6.45) is 1.40. The molecule has 1 aromatic heterocycles. The zero-order chi connectivity index (χ0) is 18.4. The largest absolute Gasteiger partial charge is 0.460 e. The number of hydrogen-bond acceptors (Lipinski definition) is 4. The van der Waals surface area contributed by atoms with Crippen molar-refractivity contribution in [2.45, 2.75) is 33.1 Å². The van der Waals surface area contributed by atoms with Gasteiger partial charge in [-0.2, -0.15) is 5.10 Å². The molecule has 0 saturated heterocycles. The highest BCUT2D eigenvalue weighted by Crippen LogP contribution is 2.22. The fraction of sp³-hybridized carbons (Fsp3) is 0.316. The Morgan fingerprint density at radius 3 is 2.36 bits per heavy atom. The van der Waals surface area contributed by atoms with Crippen LogP contribution in [0.1, 0.15) is 48.2 Å². The third-order valence-corrected chi connectivity index (χ3v) is 3.56. The van der Waals surface area contributed by atoms with E-state index >= 15 is 0 Å². The number of carbonyl (C=O) groups excluding carboxylic acids is 2. The summed E-state index contributed by atoms with van der Waals surface area (Å²) < 4.78 is 5.28. The predicted molar refractivity (Wildman–Crippen MR) is 96.7 cm³/mol. The zero-order valence-electron chi connectivity index (χ0n) is 14.9. The van der Waals surface area contributed by atoms with Gasteiger partial charge in [-0.25, -0.2) is 5.43 Å². The molecule has 0 bridgehead atoms. The lowest BCUT2D eigenvalue weighted by atomic mass is 9.87. The van der Waals surface area contributed by atoms with Gasteiger partial charge in [0.1, 0.15) is 11.5 Å². The Morgan fingerprint density at radius 1 is 1.12 bits per heavy atom. The highest BCUT2D eigenvalue weighted by molar-refractivity contribution is 5.96. The Hall–Kier alpha value is -2.89. The number of furan rings is 1. The molecule has 2 amide bonds. The zero-order valence-corrected chi connectivity index (χ0v) is 14.9. The number of rotatable bonds is 5. The van der Waals surface area contributed by atoms with Gasteiger partial charge in [-0.1, -0.05) is 32.9 Å². The van der Waals surface area contributed by atoms with Gasteiger partial charge in [0.15, 0.2) is 0 Å². The molecule has 0 radical (unpaired) electrons. The molecule has 1 heterocycles. The minimum absolute atomic E-state index is 0.0272. The van der Waals surface area contributed by atoms with Crippen LogP contribution in [0.15, 0.2) is 45.9 Å². The average molecular weight is 341 g/mol. The van der Waals surface area contributed by atoms with Crippen LogP contribution in [0.3, 0.4) is 0 Å². The van der Waals surface area contributed by atoms with Crippen molar-refractivity contribution >= 4 is 18.0 Å². The standard InChI is InChI=1S/C19H23N3O3/c1-13-5-10-16(25-13)11-21-22-17(23)12-20-18(24)14-6-8-15(9-7-14)19(2,3)4/h5-11H,12H2,1-4H3,(H,20,24)(H,22,23)/b21-11-. The van der Waals surface area contributed by atoms with Gasteiger partial charge >= 0.3 is 0 Å². The maximum absolute atomic E-state index is 12.1. The first kappa shape index (κ1) is 18.4. The monoisotopic (exact) mass is 341 g/mol. The Kier molecular flexibility index (Phi) is 5.75. The van der Waals surface area contributed by atoms with Crippen molar-refractivity contribution in [1.29, 1.82) is 0 Å². The molecule has 0 spiro atoms. The normalized spacial score (nSPS) is 11.5. The number of hydrazone groups is 1. The molecule has 0 fully saturated rings. The minimum Gasteiger partial charge on any atom is -0.460 e. The van der Waals surface area contributed by atoms with Crippen LogP contribution in [-0.2, 0) is 10.2 Å². The van der Waals surface area contributed by atoms with E-state index in [0.29, 0.717) is 11.3 Å². The fourth-order valence-corrected chi connectivity index (χ4v) is 2.11. The predicted octanol–water partition coefficient (Wildman–Crippen LogP) is 2.77. The van der Waals surface area contributed by atoms with Gasteiger partial charge < -0.3 is 9.73 Å². The number of nitrogens with zero attached hydrogens (tertiary/aromatic N) is 1. The number of aryl methyl sites for hydroxylation is 1. The maximum Gasteiger partial charge on any atom is 0.259 e. The Bertz CT molecular complexity index is 768. The van der Waals surface area contributed by atoms with Crippen molar-refractivity contribution in [2.24, 2.45) is 5.10 Å². The van der Waals surface area contributed by atoms with Crippen LogP contribution in [-0.4, -0.2) is 24.6 Å². The topological polar surface area (TPSA) is 83.7 Å². The SMILES string of the molecule is Cc1ccc(/C=N\NC(=O)CNC(=O)c2ccc(C(C)(C)C)cc2)o1. The van der Waals surface area contributed by atoms with Gasteiger partial charge in [0.05, 0.1) is 12.8 Å². The van der Waals surface area contributed by atoms with Crippen molar-refractivity contribution < 1.29 is 14.0 Å². The van der Waals surface area contributed by atoms with Gasteiger partial charge in [0, 0.05) is 5.56 Å². The molecule has 25 heavy (non-hydrogen) atoms. The number of carbonyl (C=O) groups is 2. The molecular weight excluding hydrogens is 318 g/mol. The molecule has 1 aromatic carbocycles. The van der Waals surface area contributed by atoms with Gasteiger partial charge in [-0.05, 0) is 42.2 Å². The number of benzene rings is 1. The summed E-state index contributed by atoms with van der Waals surface area (Å²) in [5, 5.41) is 6.34. The van der Waals surface area contributed by atoms with Crippen LogP contribution in [0.25, 0.3) is 0 Å². The second kappa shape index (κ2) is 7.79. The van der Waals surface area contributed by atoms with Crippen molar-refractivity contribution in [3.05, 3.63) is 59.0 Å². The summed E-state index contributed by atoms with van der Waals surface area (Å²) in [5.74, 6) is 0.582. The molecule has 0 atom stereocenters. The van der Waals surface area contributed by atoms with Crippen LogP contribution < -0.4 is 10.7 Å². The highest BCUT2D eigenvalue weighted by atomic mass is 16.3. The molecule has 0 aliphatic rings. The van der Waals surface area contributed by atoms with Crippen LogP contribution in [0.5, 0.6) is 0 Å². The van der Waals surface area contributed by atoms with E-state index in [1.807, 2.05) is 19.1 Å². The molecule has 0 aliphatic heterocycles. The molecule has 6 nitrogen and oxygen atoms in total. The summed E-state index contributed by atoms with van der Waals surface area (Å²) in [5.41, 5.74) is 4.01.